The van der Waals surface area contributed by atoms with E-state index in [4.69, 9.17) is 11.6 Å². The molecule has 4 nitrogen and oxygen atoms in total. The average molecular weight is 359 g/mol. The van der Waals surface area contributed by atoms with Gasteiger partial charge in [0.25, 0.3) is 5.91 Å². The van der Waals surface area contributed by atoms with Crippen LogP contribution < -0.4 is 5.32 Å². The summed E-state index contributed by atoms with van der Waals surface area (Å²) in [5, 5.41) is 12.9. The van der Waals surface area contributed by atoms with Gasteiger partial charge in [-0.3, -0.25) is 10.1 Å². The molecule has 0 saturated heterocycles. The van der Waals surface area contributed by atoms with E-state index in [0.717, 1.165) is 5.01 Å². The van der Waals surface area contributed by atoms with E-state index in [1.165, 1.54) is 24.2 Å². The number of aromatic nitrogens is 2. The molecule has 0 radical (unpaired) electrons. The zero-order valence-corrected chi connectivity index (χ0v) is 12.8. The number of benzene rings is 1. The molecule has 0 unspecified atom stereocenters. The second-order valence-electron chi connectivity index (χ2n) is 4.30. The summed E-state index contributed by atoms with van der Waals surface area (Å²) in [4.78, 5) is 12.1. The molecule has 0 spiro atoms. The van der Waals surface area contributed by atoms with Crippen LogP contribution in [0.4, 0.5) is 5.13 Å². The topological polar surface area (TPSA) is 54.9 Å². The van der Waals surface area contributed by atoms with Crippen molar-refractivity contribution in [1.82, 2.24) is 10.2 Å². The van der Waals surface area contributed by atoms with Crippen LogP contribution in [0, 0.1) is 0 Å². The maximum atomic E-state index is 12.1. The predicted molar refractivity (Wildman–Crippen MR) is 79.0 cm³/mol. The summed E-state index contributed by atoms with van der Waals surface area (Å²) >= 11 is 10.7. The first-order chi connectivity index (χ1) is 9.13. The highest BCUT2D eigenvalue weighted by atomic mass is 79.9. The van der Waals surface area contributed by atoms with E-state index in [9.17, 15) is 4.79 Å². The normalized spacial score (nSPS) is 14.4. The van der Waals surface area contributed by atoms with Gasteiger partial charge in [-0.15, -0.1) is 10.2 Å². The zero-order chi connectivity index (χ0) is 13.4. The van der Waals surface area contributed by atoms with Crippen LogP contribution in [0.1, 0.15) is 34.1 Å². The van der Waals surface area contributed by atoms with Gasteiger partial charge < -0.3 is 0 Å². The Labute approximate surface area is 127 Å². The highest BCUT2D eigenvalue weighted by Crippen LogP contribution is 2.42. The Hall–Kier alpha value is -0.980. The summed E-state index contributed by atoms with van der Waals surface area (Å²) < 4.78 is 0.696. The van der Waals surface area contributed by atoms with Gasteiger partial charge in [-0.2, -0.15) is 0 Å². The number of rotatable bonds is 3. The Morgan fingerprint density at radius 2 is 2.21 bits per heavy atom. The lowest BCUT2D eigenvalue weighted by Gasteiger charge is -2.04. The van der Waals surface area contributed by atoms with E-state index in [1.807, 2.05) is 0 Å². The second-order valence-corrected chi connectivity index (χ2v) is 6.60. The van der Waals surface area contributed by atoms with E-state index in [1.54, 1.807) is 18.2 Å². The van der Waals surface area contributed by atoms with Crippen molar-refractivity contribution in [3.05, 3.63) is 38.3 Å². The Balaban J connectivity index is 1.77. The molecule has 1 fully saturated rings. The minimum atomic E-state index is -0.243. The first kappa shape index (κ1) is 13.0. The molecule has 0 atom stereocenters. The number of hydrogen-bond donors (Lipinski definition) is 1. The number of nitrogens with one attached hydrogen (secondary N) is 1. The molecular formula is C12H9BrClN3OS. The van der Waals surface area contributed by atoms with Gasteiger partial charge in [0.2, 0.25) is 5.13 Å². The van der Waals surface area contributed by atoms with Crippen LogP contribution in [0.15, 0.2) is 22.7 Å². The van der Waals surface area contributed by atoms with Gasteiger partial charge in [-0.1, -0.05) is 22.9 Å². The monoisotopic (exact) mass is 357 g/mol. The van der Waals surface area contributed by atoms with Crippen LogP contribution in [-0.2, 0) is 0 Å². The van der Waals surface area contributed by atoms with Gasteiger partial charge in [0, 0.05) is 15.4 Å². The lowest BCUT2D eigenvalue weighted by Crippen LogP contribution is -2.12. The number of carbonyl (C=O) groups excluding carboxylic acids is 1. The Kier molecular flexibility index (Phi) is 3.56. The number of hydrogen-bond acceptors (Lipinski definition) is 4. The Morgan fingerprint density at radius 1 is 1.42 bits per heavy atom. The Bertz CT molecular complexity index is 642. The molecule has 2 aromatic rings. The molecule has 3 rings (SSSR count). The summed E-state index contributed by atoms with van der Waals surface area (Å²) in [5.41, 5.74) is 0.482. The molecule has 19 heavy (non-hydrogen) atoms. The van der Waals surface area contributed by atoms with Crippen LogP contribution in [-0.4, -0.2) is 16.1 Å². The molecule has 1 heterocycles. The molecule has 1 N–H and O–H groups in total. The number of halogens is 2. The van der Waals surface area contributed by atoms with Gasteiger partial charge in [-0.05, 0) is 47.0 Å². The van der Waals surface area contributed by atoms with Gasteiger partial charge in [-0.25, -0.2) is 0 Å². The lowest BCUT2D eigenvalue weighted by atomic mass is 10.2. The molecule has 1 aromatic carbocycles. The molecule has 1 amide bonds. The standard InChI is InChI=1S/C12H9BrClN3OS/c13-9-4-3-7(14)5-8(9)10(18)15-12-17-16-11(19-12)6-1-2-6/h3-6H,1-2H2,(H,15,17,18). The van der Waals surface area contributed by atoms with Gasteiger partial charge in [0.1, 0.15) is 5.01 Å². The van der Waals surface area contributed by atoms with Gasteiger partial charge in [0.05, 0.1) is 5.56 Å². The van der Waals surface area contributed by atoms with Crippen molar-refractivity contribution in [3.63, 3.8) is 0 Å². The van der Waals surface area contributed by atoms with Crippen molar-refractivity contribution in [2.45, 2.75) is 18.8 Å². The van der Waals surface area contributed by atoms with E-state index in [0.29, 0.717) is 26.1 Å². The minimum absolute atomic E-state index is 0.243. The second kappa shape index (κ2) is 5.19. The molecular weight excluding hydrogens is 350 g/mol. The predicted octanol–water partition coefficient (Wildman–Crippen LogP) is 4.08. The van der Waals surface area contributed by atoms with E-state index in [-0.39, 0.29) is 5.91 Å². The van der Waals surface area contributed by atoms with Crippen LogP contribution in [0.5, 0.6) is 0 Å². The van der Waals surface area contributed by atoms with Crippen molar-refractivity contribution in [1.29, 1.82) is 0 Å². The molecule has 0 aliphatic heterocycles. The summed E-state index contributed by atoms with van der Waals surface area (Å²) in [6, 6.07) is 5.08. The molecule has 1 saturated carbocycles. The molecule has 0 bridgehead atoms. The fraction of sp³-hybridized carbons (Fsp3) is 0.250. The first-order valence-corrected chi connectivity index (χ1v) is 7.72. The summed E-state index contributed by atoms with van der Waals surface area (Å²) in [7, 11) is 0. The third-order valence-electron chi connectivity index (χ3n) is 2.76. The Morgan fingerprint density at radius 3 is 2.95 bits per heavy atom. The van der Waals surface area contributed by atoms with E-state index in [2.05, 4.69) is 31.4 Å². The van der Waals surface area contributed by atoms with Crippen LogP contribution >= 0.6 is 38.9 Å². The summed E-state index contributed by atoms with van der Waals surface area (Å²) in [6.07, 6.45) is 2.34. The molecule has 1 aliphatic carbocycles. The summed E-state index contributed by atoms with van der Waals surface area (Å²) in [5.74, 6) is 0.300. The van der Waals surface area contributed by atoms with Crippen LogP contribution in [0.3, 0.4) is 0 Å². The SMILES string of the molecule is O=C(Nc1nnc(C2CC2)s1)c1cc(Cl)ccc1Br. The quantitative estimate of drug-likeness (QED) is 0.899. The zero-order valence-electron chi connectivity index (χ0n) is 9.69. The minimum Gasteiger partial charge on any atom is -0.296 e. The first-order valence-electron chi connectivity index (χ1n) is 5.73. The highest BCUT2D eigenvalue weighted by Gasteiger charge is 2.27. The smallest absolute Gasteiger partial charge is 0.258 e. The van der Waals surface area contributed by atoms with Gasteiger partial charge >= 0.3 is 0 Å². The molecule has 1 aromatic heterocycles. The molecule has 98 valence electrons. The largest absolute Gasteiger partial charge is 0.296 e. The van der Waals surface area contributed by atoms with Crippen molar-refractivity contribution in [2.24, 2.45) is 0 Å². The lowest BCUT2D eigenvalue weighted by molar-refractivity contribution is 0.102. The van der Waals surface area contributed by atoms with Crippen LogP contribution in [0.25, 0.3) is 0 Å². The van der Waals surface area contributed by atoms with E-state index >= 15 is 0 Å². The fourth-order valence-electron chi connectivity index (χ4n) is 1.62. The maximum Gasteiger partial charge on any atom is 0.258 e. The molecule has 7 heteroatoms. The molecule has 1 aliphatic rings. The summed E-state index contributed by atoms with van der Waals surface area (Å²) in [6.45, 7) is 0. The van der Waals surface area contributed by atoms with Crippen molar-refractivity contribution in [2.75, 3.05) is 5.32 Å². The maximum absolute atomic E-state index is 12.1. The van der Waals surface area contributed by atoms with Crippen LogP contribution in [0.2, 0.25) is 5.02 Å². The van der Waals surface area contributed by atoms with Gasteiger partial charge in [0.15, 0.2) is 0 Å². The van der Waals surface area contributed by atoms with E-state index < -0.39 is 0 Å². The number of carbonyl (C=O) groups is 1. The number of nitrogens with zero attached hydrogens (tertiary/aromatic N) is 2. The van der Waals surface area contributed by atoms with Crippen molar-refractivity contribution >= 4 is 49.9 Å². The number of anilines is 1. The number of amides is 1. The fourth-order valence-corrected chi connectivity index (χ4v) is 3.12. The highest BCUT2D eigenvalue weighted by molar-refractivity contribution is 9.10. The third-order valence-corrected chi connectivity index (χ3v) is 4.69. The van der Waals surface area contributed by atoms with Crippen molar-refractivity contribution in [3.8, 4) is 0 Å². The average Bonchev–Trinajstić information content (AvgIpc) is 3.13. The third kappa shape index (κ3) is 2.96. The van der Waals surface area contributed by atoms with Crippen molar-refractivity contribution < 1.29 is 4.79 Å².